The summed E-state index contributed by atoms with van der Waals surface area (Å²) in [5, 5.41) is 3.26. The molecule has 0 aromatic carbocycles. The van der Waals surface area contributed by atoms with Crippen LogP contribution >= 0.6 is 12.4 Å². The maximum absolute atomic E-state index is 12.0. The molecule has 1 saturated heterocycles. The van der Waals surface area contributed by atoms with E-state index in [-0.39, 0.29) is 24.4 Å². The Bertz CT molecular complexity index is 251. The van der Waals surface area contributed by atoms with Crippen molar-refractivity contribution in [2.75, 3.05) is 33.3 Å². The maximum atomic E-state index is 12.0. The Hall–Kier alpha value is -0.320. The van der Waals surface area contributed by atoms with Crippen molar-refractivity contribution >= 4 is 18.3 Å². The normalized spacial score (nSPS) is 24.6. The minimum atomic E-state index is 0. The molecule has 1 N–H and O–H groups in total. The summed E-state index contributed by atoms with van der Waals surface area (Å²) < 4.78 is 5.56. The smallest absolute Gasteiger partial charge is 0.224 e. The van der Waals surface area contributed by atoms with Crippen molar-refractivity contribution in [3.63, 3.8) is 0 Å². The highest BCUT2D eigenvalue weighted by Crippen LogP contribution is 2.25. The Morgan fingerprint density at radius 3 is 2.72 bits per heavy atom. The van der Waals surface area contributed by atoms with Gasteiger partial charge in [-0.2, -0.15) is 0 Å². The number of rotatable bonds is 4. The third-order valence-electron chi connectivity index (χ3n) is 3.84. The van der Waals surface area contributed by atoms with Gasteiger partial charge in [0.25, 0.3) is 0 Å². The summed E-state index contributed by atoms with van der Waals surface area (Å²) in [6.07, 6.45) is 5.85. The monoisotopic (exact) mass is 276 g/mol. The Balaban J connectivity index is 0.00000162. The van der Waals surface area contributed by atoms with Crippen LogP contribution in [0.2, 0.25) is 0 Å². The lowest BCUT2D eigenvalue weighted by Crippen LogP contribution is -2.42. The molecule has 5 heteroatoms. The number of carbonyl (C=O) groups excluding carboxylic acids is 1. The van der Waals surface area contributed by atoms with Crippen LogP contribution < -0.4 is 5.32 Å². The summed E-state index contributed by atoms with van der Waals surface area (Å²) in [7, 11) is 1.93. The average Bonchev–Trinajstić information content (AvgIpc) is 2.83. The van der Waals surface area contributed by atoms with Gasteiger partial charge in [-0.15, -0.1) is 12.4 Å². The van der Waals surface area contributed by atoms with Crippen LogP contribution in [-0.2, 0) is 9.53 Å². The second kappa shape index (κ2) is 7.97. The molecule has 2 rings (SSSR count). The minimum Gasteiger partial charge on any atom is -0.375 e. The first-order chi connectivity index (χ1) is 8.25. The summed E-state index contributed by atoms with van der Waals surface area (Å²) in [6, 6.07) is 0. The van der Waals surface area contributed by atoms with Crippen molar-refractivity contribution < 1.29 is 9.53 Å². The zero-order valence-corrected chi connectivity index (χ0v) is 12.0. The van der Waals surface area contributed by atoms with Gasteiger partial charge in [0.2, 0.25) is 5.91 Å². The first-order valence-corrected chi connectivity index (χ1v) is 6.82. The molecule has 4 nitrogen and oxygen atoms in total. The van der Waals surface area contributed by atoms with Gasteiger partial charge in [-0.05, 0) is 18.8 Å². The molecule has 0 bridgehead atoms. The van der Waals surface area contributed by atoms with E-state index in [1.165, 1.54) is 25.7 Å². The molecule has 1 atom stereocenters. The lowest BCUT2D eigenvalue weighted by molar-refractivity contribution is -0.134. The highest BCUT2D eigenvalue weighted by atomic mass is 35.5. The van der Waals surface area contributed by atoms with Crippen LogP contribution in [0.15, 0.2) is 0 Å². The van der Waals surface area contributed by atoms with Gasteiger partial charge in [0.1, 0.15) is 0 Å². The third-order valence-corrected chi connectivity index (χ3v) is 3.84. The summed E-state index contributed by atoms with van der Waals surface area (Å²) >= 11 is 0. The molecule has 1 heterocycles. The van der Waals surface area contributed by atoms with E-state index < -0.39 is 0 Å². The molecule has 1 aliphatic heterocycles. The van der Waals surface area contributed by atoms with Crippen LogP contribution in [0.5, 0.6) is 0 Å². The molecule has 2 fully saturated rings. The fraction of sp³-hybridized carbons (Fsp3) is 0.923. The number of carbonyl (C=O) groups is 1. The van der Waals surface area contributed by atoms with Gasteiger partial charge in [0, 0.05) is 26.7 Å². The molecule has 1 amide bonds. The minimum absolute atomic E-state index is 0. The zero-order chi connectivity index (χ0) is 12.1. The molecule has 106 valence electrons. The SMILES string of the molecule is CN(CC1CCCC1)C(=O)CC1CNCCO1.Cl. The van der Waals surface area contributed by atoms with Gasteiger partial charge in [-0.25, -0.2) is 0 Å². The van der Waals surface area contributed by atoms with E-state index in [1.54, 1.807) is 0 Å². The topological polar surface area (TPSA) is 41.6 Å². The van der Waals surface area contributed by atoms with E-state index in [9.17, 15) is 4.79 Å². The number of amides is 1. The highest BCUT2D eigenvalue weighted by Gasteiger charge is 2.22. The Morgan fingerprint density at radius 2 is 2.11 bits per heavy atom. The fourth-order valence-corrected chi connectivity index (χ4v) is 2.78. The molecule has 0 radical (unpaired) electrons. The van der Waals surface area contributed by atoms with Crippen LogP contribution in [0.4, 0.5) is 0 Å². The second-order valence-corrected chi connectivity index (χ2v) is 5.33. The van der Waals surface area contributed by atoms with Crippen LogP contribution in [0.1, 0.15) is 32.1 Å². The lowest BCUT2D eigenvalue weighted by Gasteiger charge is -2.26. The predicted octanol–water partition coefficient (Wildman–Crippen LogP) is 1.44. The van der Waals surface area contributed by atoms with Crippen molar-refractivity contribution in [2.45, 2.75) is 38.2 Å². The van der Waals surface area contributed by atoms with E-state index in [0.29, 0.717) is 6.42 Å². The van der Waals surface area contributed by atoms with Crippen molar-refractivity contribution in [1.82, 2.24) is 10.2 Å². The van der Waals surface area contributed by atoms with Crippen LogP contribution in [-0.4, -0.2) is 50.2 Å². The molecule has 1 saturated carbocycles. The number of nitrogens with one attached hydrogen (secondary N) is 1. The second-order valence-electron chi connectivity index (χ2n) is 5.33. The predicted molar refractivity (Wildman–Crippen MR) is 74.1 cm³/mol. The van der Waals surface area contributed by atoms with Crippen molar-refractivity contribution in [2.24, 2.45) is 5.92 Å². The fourth-order valence-electron chi connectivity index (χ4n) is 2.78. The van der Waals surface area contributed by atoms with Gasteiger partial charge in [0.05, 0.1) is 19.1 Å². The standard InChI is InChI=1S/C13H24N2O2.ClH/c1-15(10-11-4-2-3-5-11)13(16)8-12-9-14-6-7-17-12;/h11-12,14H,2-10H2,1H3;1H. The van der Waals surface area contributed by atoms with Gasteiger partial charge >= 0.3 is 0 Å². The molecule has 0 aromatic rings. The number of hydrogen-bond acceptors (Lipinski definition) is 3. The van der Waals surface area contributed by atoms with E-state index in [0.717, 1.165) is 32.2 Å². The van der Waals surface area contributed by atoms with E-state index in [1.807, 2.05) is 11.9 Å². The summed E-state index contributed by atoms with van der Waals surface area (Å²) in [6.45, 7) is 3.37. The van der Waals surface area contributed by atoms with E-state index in [2.05, 4.69) is 5.32 Å². The highest BCUT2D eigenvalue weighted by molar-refractivity contribution is 5.85. The Labute approximate surface area is 116 Å². The molecular weight excluding hydrogens is 252 g/mol. The third kappa shape index (κ3) is 4.75. The lowest BCUT2D eigenvalue weighted by atomic mass is 10.1. The largest absolute Gasteiger partial charge is 0.375 e. The summed E-state index contributed by atoms with van der Waals surface area (Å²) in [5.74, 6) is 0.958. The molecule has 0 spiro atoms. The molecule has 2 aliphatic rings. The van der Waals surface area contributed by atoms with Gasteiger partial charge < -0.3 is 15.0 Å². The Kier molecular flexibility index (Phi) is 6.97. The van der Waals surface area contributed by atoms with E-state index >= 15 is 0 Å². The summed E-state index contributed by atoms with van der Waals surface area (Å²) in [5.41, 5.74) is 0. The van der Waals surface area contributed by atoms with Crippen molar-refractivity contribution in [1.29, 1.82) is 0 Å². The van der Waals surface area contributed by atoms with Crippen LogP contribution in [0, 0.1) is 5.92 Å². The van der Waals surface area contributed by atoms with Gasteiger partial charge in [-0.1, -0.05) is 12.8 Å². The number of hydrogen-bond donors (Lipinski definition) is 1. The Morgan fingerprint density at radius 1 is 1.39 bits per heavy atom. The van der Waals surface area contributed by atoms with E-state index in [4.69, 9.17) is 4.74 Å². The van der Waals surface area contributed by atoms with Gasteiger partial charge in [0.15, 0.2) is 0 Å². The first-order valence-electron chi connectivity index (χ1n) is 6.82. The van der Waals surface area contributed by atoms with Crippen molar-refractivity contribution in [3.05, 3.63) is 0 Å². The number of morpholine rings is 1. The number of nitrogens with zero attached hydrogens (tertiary/aromatic N) is 1. The average molecular weight is 277 g/mol. The number of halogens is 1. The summed E-state index contributed by atoms with van der Waals surface area (Å²) in [4.78, 5) is 13.9. The van der Waals surface area contributed by atoms with Gasteiger partial charge in [-0.3, -0.25) is 4.79 Å². The number of ether oxygens (including phenoxy) is 1. The van der Waals surface area contributed by atoms with Crippen molar-refractivity contribution in [3.8, 4) is 0 Å². The first kappa shape index (κ1) is 15.7. The quantitative estimate of drug-likeness (QED) is 0.845. The maximum Gasteiger partial charge on any atom is 0.224 e. The molecule has 0 aromatic heterocycles. The molecule has 18 heavy (non-hydrogen) atoms. The zero-order valence-electron chi connectivity index (χ0n) is 11.2. The van der Waals surface area contributed by atoms with Crippen LogP contribution in [0.25, 0.3) is 0 Å². The molecular formula is C13H25ClN2O2. The molecule has 1 unspecified atom stereocenters. The van der Waals surface area contributed by atoms with Crippen LogP contribution in [0.3, 0.4) is 0 Å². The molecule has 1 aliphatic carbocycles.